The number of halogens is 2. The zero-order valence-corrected chi connectivity index (χ0v) is 14.7. The van der Waals surface area contributed by atoms with E-state index in [4.69, 9.17) is 0 Å². The van der Waals surface area contributed by atoms with Crippen molar-refractivity contribution in [1.29, 1.82) is 0 Å². The first kappa shape index (κ1) is 19.1. The average molecular weight is 355 g/mol. The molecule has 1 fully saturated rings. The van der Waals surface area contributed by atoms with E-state index in [2.05, 4.69) is 4.74 Å². The number of amides is 2. The maximum Gasteiger partial charge on any atom is 0.409 e. The molecular weight excluding hydrogens is 332 g/mol. The number of nitrogens with zero attached hydrogens (tertiary/aromatic N) is 3. The Morgan fingerprint density at radius 1 is 1.20 bits per heavy atom. The van der Waals surface area contributed by atoms with E-state index in [1.54, 1.807) is 18.9 Å². The molecule has 1 aromatic rings. The smallest absolute Gasteiger partial charge is 0.409 e. The molecule has 2 amide bonds. The van der Waals surface area contributed by atoms with Crippen molar-refractivity contribution >= 4 is 12.0 Å². The number of rotatable bonds is 4. The zero-order valence-electron chi connectivity index (χ0n) is 14.7. The van der Waals surface area contributed by atoms with Gasteiger partial charge in [-0.25, -0.2) is 13.6 Å². The number of ether oxygens (including phenoxy) is 1. The molecule has 0 aliphatic carbocycles. The Morgan fingerprint density at radius 3 is 2.40 bits per heavy atom. The Kier molecular flexibility index (Phi) is 6.30. The minimum atomic E-state index is -0.927. The molecule has 1 aliphatic rings. The van der Waals surface area contributed by atoms with Crippen LogP contribution in [-0.4, -0.2) is 73.6 Å². The summed E-state index contributed by atoms with van der Waals surface area (Å²) in [4.78, 5) is 29.0. The molecule has 0 aromatic heterocycles. The number of carbonyl (C=O) groups excluding carboxylic acids is 2. The predicted octanol–water partition coefficient (Wildman–Crippen LogP) is 1.87. The second-order valence-corrected chi connectivity index (χ2v) is 6.09. The van der Waals surface area contributed by atoms with E-state index in [-0.39, 0.29) is 24.6 Å². The van der Waals surface area contributed by atoms with Gasteiger partial charge in [-0.15, -0.1) is 0 Å². The standard InChI is InChI=1S/C17H23F2N3O3/c1-12(13-4-5-14(18)15(19)10-13)20(2)16(23)11-21-6-8-22(9-7-21)17(24)25-3/h4-5,10,12H,6-9,11H2,1-3H3/t12-/m0/s1. The maximum atomic E-state index is 13.4. The highest BCUT2D eigenvalue weighted by Crippen LogP contribution is 2.21. The van der Waals surface area contributed by atoms with E-state index in [1.165, 1.54) is 18.1 Å². The highest BCUT2D eigenvalue weighted by Gasteiger charge is 2.25. The van der Waals surface area contributed by atoms with Gasteiger partial charge in [-0.3, -0.25) is 9.69 Å². The zero-order chi connectivity index (χ0) is 18.6. The summed E-state index contributed by atoms with van der Waals surface area (Å²) < 4.78 is 31.1. The number of benzene rings is 1. The fourth-order valence-electron chi connectivity index (χ4n) is 2.73. The highest BCUT2D eigenvalue weighted by atomic mass is 19.2. The Labute approximate surface area is 145 Å². The summed E-state index contributed by atoms with van der Waals surface area (Å²) >= 11 is 0. The van der Waals surface area contributed by atoms with Crippen molar-refractivity contribution in [3.63, 3.8) is 0 Å². The van der Waals surface area contributed by atoms with Crippen molar-refractivity contribution < 1.29 is 23.1 Å². The van der Waals surface area contributed by atoms with Crippen molar-refractivity contribution in [2.75, 3.05) is 46.9 Å². The molecule has 0 spiro atoms. The molecule has 1 saturated heterocycles. The third-order valence-electron chi connectivity index (χ3n) is 4.56. The molecule has 138 valence electrons. The summed E-state index contributed by atoms with van der Waals surface area (Å²) in [5.74, 6) is -1.96. The Hall–Kier alpha value is -2.22. The average Bonchev–Trinajstić information content (AvgIpc) is 2.62. The van der Waals surface area contributed by atoms with Crippen molar-refractivity contribution in [3.8, 4) is 0 Å². The lowest BCUT2D eigenvalue weighted by Crippen LogP contribution is -2.51. The minimum Gasteiger partial charge on any atom is -0.453 e. The summed E-state index contributed by atoms with van der Waals surface area (Å²) in [6, 6.07) is 3.27. The molecule has 1 aromatic carbocycles. The minimum absolute atomic E-state index is 0.122. The van der Waals surface area contributed by atoms with Gasteiger partial charge in [0.1, 0.15) is 0 Å². The van der Waals surface area contributed by atoms with Crippen molar-refractivity contribution in [1.82, 2.24) is 14.7 Å². The van der Waals surface area contributed by atoms with Crippen LogP contribution in [0.25, 0.3) is 0 Å². The van der Waals surface area contributed by atoms with Gasteiger partial charge in [-0.05, 0) is 24.6 Å². The second kappa shape index (κ2) is 8.24. The van der Waals surface area contributed by atoms with Gasteiger partial charge in [0, 0.05) is 33.2 Å². The molecule has 0 bridgehead atoms. The molecule has 0 saturated carbocycles. The fraction of sp³-hybridized carbons (Fsp3) is 0.529. The lowest BCUT2D eigenvalue weighted by atomic mass is 10.1. The van der Waals surface area contributed by atoms with Crippen LogP contribution in [0.4, 0.5) is 13.6 Å². The van der Waals surface area contributed by atoms with Crippen LogP contribution in [0.2, 0.25) is 0 Å². The molecule has 1 heterocycles. The lowest BCUT2D eigenvalue weighted by Gasteiger charge is -2.35. The topological polar surface area (TPSA) is 53.1 Å². The SMILES string of the molecule is COC(=O)N1CCN(CC(=O)N(C)[C@@H](C)c2ccc(F)c(F)c2)CC1. The normalized spacial score (nSPS) is 16.4. The van der Waals surface area contributed by atoms with E-state index in [0.29, 0.717) is 31.7 Å². The first-order chi connectivity index (χ1) is 11.8. The summed E-state index contributed by atoms with van der Waals surface area (Å²) in [7, 11) is 2.98. The van der Waals surface area contributed by atoms with Crippen molar-refractivity contribution in [2.24, 2.45) is 0 Å². The third kappa shape index (κ3) is 4.66. The summed E-state index contributed by atoms with van der Waals surface area (Å²) in [5.41, 5.74) is 0.533. The van der Waals surface area contributed by atoms with E-state index in [1.807, 2.05) is 4.90 Å². The van der Waals surface area contributed by atoms with Gasteiger partial charge < -0.3 is 14.5 Å². The molecule has 0 radical (unpaired) electrons. The van der Waals surface area contributed by atoms with E-state index in [9.17, 15) is 18.4 Å². The molecule has 0 N–H and O–H groups in total. The molecule has 2 rings (SSSR count). The van der Waals surface area contributed by atoms with E-state index < -0.39 is 11.6 Å². The summed E-state index contributed by atoms with van der Waals surface area (Å²) in [6.45, 7) is 4.13. The fourth-order valence-corrected chi connectivity index (χ4v) is 2.73. The Bertz CT molecular complexity index is 634. The first-order valence-electron chi connectivity index (χ1n) is 8.09. The summed E-state index contributed by atoms with van der Waals surface area (Å²) in [5, 5.41) is 0. The molecule has 8 heteroatoms. The maximum absolute atomic E-state index is 13.4. The van der Waals surface area contributed by atoms with Gasteiger partial charge in [0.05, 0.1) is 19.7 Å². The monoisotopic (exact) mass is 355 g/mol. The van der Waals surface area contributed by atoms with E-state index >= 15 is 0 Å². The van der Waals surface area contributed by atoms with Crippen molar-refractivity contribution in [2.45, 2.75) is 13.0 Å². The van der Waals surface area contributed by atoms with Gasteiger partial charge in [-0.2, -0.15) is 0 Å². The number of hydrogen-bond acceptors (Lipinski definition) is 4. The molecular formula is C17H23F2N3O3. The van der Waals surface area contributed by atoms with Crippen molar-refractivity contribution in [3.05, 3.63) is 35.4 Å². The largest absolute Gasteiger partial charge is 0.453 e. The van der Waals surface area contributed by atoms with Crippen LogP contribution in [0.3, 0.4) is 0 Å². The molecule has 0 unspecified atom stereocenters. The first-order valence-corrected chi connectivity index (χ1v) is 8.09. The Morgan fingerprint density at radius 2 is 1.84 bits per heavy atom. The second-order valence-electron chi connectivity index (χ2n) is 6.09. The van der Waals surface area contributed by atoms with Crippen LogP contribution >= 0.6 is 0 Å². The molecule has 1 aliphatic heterocycles. The van der Waals surface area contributed by atoms with Gasteiger partial charge in [0.2, 0.25) is 5.91 Å². The number of likely N-dealkylation sites (N-methyl/N-ethyl adjacent to an activating group) is 1. The third-order valence-corrected chi connectivity index (χ3v) is 4.56. The van der Waals surface area contributed by atoms with Gasteiger partial charge in [-0.1, -0.05) is 6.07 Å². The lowest BCUT2D eigenvalue weighted by molar-refractivity contribution is -0.133. The van der Waals surface area contributed by atoms with Gasteiger partial charge in [0.25, 0.3) is 0 Å². The number of piperazine rings is 1. The van der Waals surface area contributed by atoms with Gasteiger partial charge in [0.15, 0.2) is 11.6 Å². The quantitative estimate of drug-likeness (QED) is 0.827. The molecule has 6 nitrogen and oxygen atoms in total. The van der Waals surface area contributed by atoms with Crippen LogP contribution in [-0.2, 0) is 9.53 Å². The van der Waals surface area contributed by atoms with E-state index in [0.717, 1.165) is 12.1 Å². The molecule has 1 atom stereocenters. The van der Waals surface area contributed by atoms with Crippen LogP contribution in [0, 0.1) is 11.6 Å². The molecule has 25 heavy (non-hydrogen) atoms. The summed E-state index contributed by atoms with van der Waals surface area (Å²) in [6.07, 6.45) is -0.366. The number of carbonyl (C=O) groups is 2. The van der Waals surface area contributed by atoms with Crippen LogP contribution < -0.4 is 0 Å². The number of hydrogen-bond donors (Lipinski definition) is 0. The predicted molar refractivity (Wildman–Crippen MR) is 88.0 cm³/mol. The Balaban J connectivity index is 1.90. The number of methoxy groups -OCH3 is 1. The van der Waals surface area contributed by atoms with Gasteiger partial charge >= 0.3 is 6.09 Å². The van der Waals surface area contributed by atoms with Crippen LogP contribution in [0.5, 0.6) is 0 Å². The van der Waals surface area contributed by atoms with Crippen LogP contribution in [0.15, 0.2) is 18.2 Å². The van der Waals surface area contributed by atoms with Crippen LogP contribution in [0.1, 0.15) is 18.5 Å². The highest BCUT2D eigenvalue weighted by molar-refractivity contribution is 5.78.